The SMILES string of the molecule is O=C(NCC(O)C(F)(F)F)c1cc(Cl)nnc1Cl. The molecule has 0 aromatic carbocycles. The second-order valence-corrected chi connectivity index (χ2v) is 3.88. The Hall–Kier alpha value is -1.12. The quantitative estimate of drug-likeness (QED) is 0.886. The Labute approximate surface area is 109 Å². The van der Waals surface area contributed by atoms with Crippen LogP contribution < -0.4 is 5.32 Å². The Balaban J connectivity index is 2.69. The topological polar surface area (TPSA) is 75.1 Å². The number of carbonyl (C=O) groups is 1. The van der Waals surface area contributed by atoms with Crippen LogP contribution in [-0.4, -0.2) is 40.0 Å². The maximum Gasteiger partial charge on any atom is 0.416 e. The van der Waals surface area contributed by atoms with Crippen molar-refractivity contribution in [3.05, 3.63) is 21.9 Å². The third-order valence-electron chi connectivity index (χ3n) is 1.80. The molecule has 1 heterocycles. The molecule has 100 valence electrons. The lowest BCUT2D eigenvalue weighted by molar-refractivity contribution is -0.201. The van der Waals surface area contributed by atoms with E-state index in [4.69, 9.17) is 28.3 Å². The number of halogens is 5. The summed E-state index contributed by atoms with van der Waals surface area (Å²) in [4.78, 5) is 11.4. The summed E-state index contributed by atoms with van der Waals surface area (Å²) < 4.78 is 35.9. The third-order valence-corrected chi connectivity index (χ3v) is 2.26. The Bertz CT molecular complexity index is 456. The molecule has 0 spiro atoms. The molecule has 0 aliphatic heterocycles. The maximum absolute atomic E-state index is 12.0. The first-order valence-electron chi connectivity index (χ1n) is 4.43. The smallest absolute Gasteiger partial charge is 0.382 e. The lowest BCUT2D eigenvalue weighted by atomic mass is 10.2. The molecule has 2 N–H and O–H groups in total. The molecule has 1 aromatic heterocycles. The van der Waals surface area contributed by atoms with Crippen LogP contribution in [0.25, 0.3) is 0 Å². The van der Waals surface area contributed by atoms with Crippen LogP contribution in [0.1, 0.15) is 10.4 Å². The van der Waals surface area contributed by atoms with E-state index in [1.807, 2.05) is 5.32 Å². The molecule has 0 saturated heterocycles. The third kappa shape index (κ3) is 3.97. The molecular weight excluding hydrogens is 298 g/mol. The number of rotatable bonds is 3. The van der Waals surface area contributed by atoms with E-state index >= 15 is 0 Å². The molecule has 0 aliphatic carbocycles. The summed E-state index contributed by atoms with van der Waals surface area (Å²) in [5, 5.41) is 16.7. The summed E-state index contributed by atoms with van der Waals surface area (Å²) in [5.41, 5.74) is -0.231. The lowest BCUT2D eigenvalue weighted by Crippen LogP contribution is -2.40. The van der Waals surface area contributed by atoms with Gasteiger partial charge in [0, 0.05) is 0 Å². The summed E-state index contributed by atoms with van der Waals surface area (Å²) in [7, 11) is 0. The molecule has 0 radical (unpaired) electrons. The van der Waals surface area contributed by atoms with Gasteiger partial charge in [-0.15, -0.1) is 10.2 Å². The first kappa shape index (κ1) is 14.9. The van der Waals surface area contributed by atoms with E-state index in [0.717, 1.165) is 6.07 Å². The zero-order chi connectivity index (χ0) is 13.9. The molecule has 1 unspecified atom stereocenters. The molecule has 18 heavy (non-hydrogen) atoms. The number of nitrogens with zero attached hydrogens (tertiary/aromatic N) is 2. The van der Waals surface area contributed by atoms with E-state index in [9.17, 15) is 18.0 Å². The minimum atomic E-state index is -4.81. The van der Waals surface area contributed by atoms with Gasteiger partial charge in [-0.2, -0.15) is 13.2 Å². The molecule has 1 atom stereocenters. The molecule has 1 amide bonds. The largest absolute Gasteiger partial charge is 0.416 e. The summed E-state index contributed by atoms with van der Waals surface area (Å²) >= 11 is 11.0. The van der Waals surface area contributed by atoms with Crippen molar-refractivity contribution in [3.8, 4) is 0 Å². The van der Waals surface area contributed by atoms with Crippen LogP contribution in [-0.2, 0) is 0 Å². The number of aliphatic hydroxyl groups excluding tert-OH is 1. The van der Waals surface area contributed by atoms with Gasteiger partial charge in [0.25, 0.3) is 5.91 Å². The molecule has 10 heteroatoms. The molecule has 0 bridgehead atoms. The highest BCUT2D eigenvalue weighted by atomic mass is 35.5. The second-order valence-electron chi connectivity index (χ2n) is 3.14. The van der Waals surface area contributed by atoms with Crippen molar-refractivity contribution in [3.63, 3.8) is 0 Å². The molecule has 5 nitrogen and oxygen atoms in total. The van der Waals surface area contributed by atoms with Crippen molar-refractivity contribution in [2.45, 2.75) is 12.3 Å². The first-order valence-corrected chi connectivity index (χ1v) is 5.19. The fourth-order valence-electron chi connectivity index (χ4n) is 0.913. The minimum Gasteiger partial charge on any atom is -0.382 e. The van der Waals surface area contributed by atoms with Crippen LogP contribution in [0.2, 0.25) is 10.3 Å². The summed E-state index contributed by atoms with van der Waals surface area (Å²) in [6, 6.07) is 1.05. The van der Waals surface area contributed by atoms with Gasteiger partial charge in [0.15, 0.2) is 16.4 Å². The number of hydrogen-bond acceptors (Lipinski definition) is 4. The number of carbonyl (C=O) groups excluding carboxylic acids is 1. The Morgan fingerprint density at radius 1 is 1.44 bits per heavy atom. The highest BCUT2D eigenvalue weighted by Crippen LogP contribution is 2.20. The summed E-state index contributed by atoms with van der Waals surface area (Å²) in [5.74, 6) is -0.944. The number of hydrogen-bond donors (Lipinski definition) is 2. The fraction of sp³-hybridized carbons (Fsp3) is 0.375. The number of amides is 1. The molecule has 0 saturated carbocycles. The Kier molecular flexibility index (Phi) is 4.71. The first-order chi connectivity index (χ1) is 8.21. The predicted molar refractivity (Wildman–Crippen MR) is 56.4 cm³/mol. The van der Waals surface area contributed by atoms with Gasteiger partial charge < -0.3 is 10.4 Å². The second kappa shape index (κ2) is 5.68. The molecule has 1 aromatic rings. The standard InChI is InChI=1S/C8H6Cl2F3N3O2/c9-5-1-3(6(10)16-15-5)7(18)14-2-4(17)8(11,12)13/h1,4,17H,2H2,(H,14,18). The van der Waals surface area contributed by atoms with Gasteiger partial charge in [-0.1, -0.05) is 23.2 Å². The summed E-state index contributed by atoms with van der Waals surface area (Å²) in [6.07, 6.45) is -7.48. The van der Waals surface area contributed by atoms with Crippen molar-refractivity contribution in [2.75, 3.05) is 6.54 Å². The Morgan fingerprint density at radius 3 is 2.61 bits per heavy atom. The van der Waals surface area contributed by atoms with Crippen molar-refractivity contribution >= 4 is 29.1 Å². The van der Waals surface area contributed by atoms with Crippen LogP contribution in [0.15, 0.2) is 6.07 Å². The maximum atomic E-state index is 12.0. The van der Waals surface area contributed by atoms with Gasteiger partial charge in [-0.25, -0.2) is 0 Å². The average Bonchev–Trinajstić information content (AvgIpc) is 2.27. The van der Waals surface area contributed by atoms with E-state index < -0.39 is 24.7 Å². The predicted octanol–water partition coefficient (Wildman–Crippen LogP) is 1.44. The molecule has 0 aliphatic rings. The molecule has 0 fully saturated rings. The highest BCUT2D eigenvalue weighted by molar-refractivity contribution is 6.34. The van der Waals surface area contributed by atoms with E-state index in [1.54, 1.807) is 0 Å². The molecular formula is C8H6Cl2F3N3O2. The van der Waals surface area contributed by atoms with E-state index in [2.05, 4.69) is 10.2 Å². The van der Waals surface area contributed by atoms with Gasteiger partial charge in [0.1, 0.15) is 0 Å². The monoisotopic (exact) mass is 303 g/mol. The number of aromatic nitrogens is 2. The van der Waals surface area contributed by atoms with Gasteiger partial charge in [-0.3, -0.25) is 4.79 Å². The fourth-order valence-corrected chi connectivity index (χ4v) is 1.24. The van der Waals surface area contributed by atoms with Crippen molar-refractivity contribution in [1.29, 1.82) is 0 Å². The van der Waals surface area contributed by atoms with Crippen LogP contribution in [0.5, 0.6) is 0 Å². The Morgan fingerprint density at radius 2 is 2.06 bits per heavy atom. The lowest BCUT2D eigenvalue weighted by Gasteiger charge is -2.15. The highest BCUT2D eigenvalue weighted by Gasteiger charge is 2.38. The van der Waals surface area contributed by atoms with Crippen LogP contribution in [0, 0.1) is 0 Å². The van der Waals surface area contributed by atoms with E-state index in [1.165, 1.54) is 0 Å². The summed E-state index contributed by atoms with van der Waals surface area (Å²) in [6.45, 7) is -1.00. The van der Waals surface area contributed by atoms with Crippen LogP contribution in [0.4, 0.5) is 13.2 Å². The average molecular weight is 304 g/mol. The zero-order valence-corrected chi connectivity index (χ0v) is 10.0. The number of alkyl halides is 3. The normalized spacial score (nSPS) is 13.2. The van der Waals surface area contributed by atoms with Gasteiger partial charge in [0.2, 0.25) is 0 Å². The van der Waals surface area contributed by atoms with Crippen molar-refractivity contribution < 1.29 is 23.1 Å². The zero-order valence-electron chi connectivity index (χ0n) is 8.50. The van der Waals surface area contributed by atoms with Gasteiger partial charge >= 0.3 is 6.18 Å². The van der Waals surface area contributed by atoms with E-state index in [0.29, 0.717) is 0 Å². The van der Waals surface area contributed by atoms with Crippen LogP contribution in [0.3, 0.4) is 0 Å². The van der Waals surface area contributed by atoms with E-state index in [-0.39, 0.29) is 15.9 Å². The molecule has 1 rings (SSSR count). The van der Waals surface area contributed by atoms with Crippen molar-refractivity contribution in [2.24, 2.45) is 0 Å². The van der Waals surface area contributed by atoms with Gasteiger partial charge in [0.05, 0.1) is 12.1 Å². The number of aliphatic hydroxyl groups is 1. The minimum absolute atomic E-state index is 0.138. The van der Waals surface area contributed by atoms with Gasteiger partial charge in [-0.05, 0) is 6.07 Å². The van der Waals surface area contributed by atoms with Crippen molar-refractivity contribution in [1.82, 2.24) is 15.5 Å². The van der Waals surface area contributed by atoms with Crippen LogP contribution >= 0.6 is 23.2 Å². The number of nitrogens with one attached hydrogen (secondary N) is 1.